The molecule has 1 fully saturated rings. The average Bonchev–Trinajstić information content (AvgIpc) is 2.85. The fourth-order valence-corrected chi connectivity index (χ4v) is 2.41. The average molecular weight is 259 g/mol. The zero-order valence-electron chi connectivity index (χ0n) is 12.0. The lowest BCUT2D eigenvalue weighted by molar-refractivity contribution is 0.442. The molecular weight excluding hydrogens is 234 g/mol. The molecule has 3 nitrogen and oxygen atoms in total. The smallest absolute Gasteiger partial charge is 0.0456 e. The van der Waals surface area contributed by atoms with E-state index in [1.807, 2.05) is 0 Å². The van der Waals surface area contributed by atoms with Gasteiger partial charge in [-0.1, -0.05) is 31.5 Å². The Kier molecular flexibility index (Phi) is 5.43. The van der Waals surface area contributed by atoms with Crippen LogP contribution in [0.4, 0.5) is 0 Å². The molecule has 1 saturated heterocycles. The second-order valence-corrected chi connectivity index (χ2v) is 5.17. The number of aryl methyl sites for hydroxylation is 1. The Labute approximate surface area is 115 Å². The molecule has 0 saturated carbocycles. The molecular formula is C16H25N3. The molecule has 0 radical (unpaired) electrons. The van der Waals surface area contributed by atoms with Gasteiger partial charge < -0.3 is 15.6 Å². The van der Waals surface area contributed by atoms with Gasteiger partial charge in [-0.3, -0.25) is 0 Å². The molecule has 1 aromatic heterocycles. The van der Waals surface area contributed by atoms with Gasteiger partial charge in [0, 0.05) is 42.8 Å². The predicted octanol–water partition coefficient (Wildman–Crippen LogP) is 2.69. The van der Waals surface area contributed by atoms with Crippen molar-refractivity contribution in [2.45, 2.75) is 32.7 Å². The molecule has 0 amide bonds. The number of rotatable bonds is 2. The zero-order valence-corrected chi connectivity index (χ0v) is 12.0. The lowest BCUT2D eigenvalue weighted by Gasteiger charge is -2.19. The van der Waals surface area contributed by atoms with E-state index >= 15 is 0 Å². The van der Waals surface area contributed by atoms with Crippen molar-refractivity contribution in [1.82, 2.24) is 15.6 Å². The first-order valence-corrected chi connectivity index (χ1v) is 7.30. The van der Waals surface area contributed by atoms with E-state index < -0.39 is 0 Å². The molecule has 1 unspecified atom stereocenters. The van der Waals surface area contributed by atoms with Gasteiger partial charge in [0.25, 0.3) is 0 Å². The van der Waals surface area contributed by atoms with Crippen molar-refractivity contribution >= 4 is 10.9 Å². The molecule has 0 aliphatic carbocycles. The Morgan fingerprint density at radius 1 is 1.21 bits per heavy atom. The topological polar surface area (TPSA) is 39.8 Å². The van der Waals surface area contributed by atoms with Crippen LogP contribution >= 0.6 is 0 Å². The third-order valence-electron chi connectivity index (χ3n) is 3.44. The fourth-order valence-electron chi connectivity index (χ4n) is 2.41. The van der Waals surface area contributed by atoms with Gasteiger partial charge >= 0.3 is 0 Å². The van der Waals surface area contributed by atoms with Gasteiger partial charge in [-0.15, -0.1) is 0 Å². The molecule has 3 N–H and O–H groups in total. The highest BCUT2D eigenvalue weighted by Gasteiger charge is 2.03. The molecule has 0 spiro atoms. The van der Waals surface area contributed by atoms with Gasteiger partial charge in [0.2, 0.25) is 0 Å². The van der Waals surface area contributed by atoms with Crippen LogP contribution in [0.2, 0.25) is 0 Å². The van der Waals surface area contributed by atoms with Gasteiger partial charge in [-0.2, -0.15) is 0 Å². The summed E-state index contributed by atoms with van der Waals surface area (Å²) in [4.78, 5) is 3.27. The van der Waals surface area contributed by atoms with E-state index in [-0.39, 0.29) is 0 Å². The van der Waals surface area contributed by atoms with Crippen molar-refractivity contribution in [1.29, 1.82) is 0 Å². The molecule has 2 heterocycles. The maximum atomic E-state index is 3.32. The summed E-state index contributed by atoms with van der Waals surface area (Å²) in [6.07, 6.45) is 4.50. The monoisotopic (exact) mass is 259 g/mol. The number of piperazine rings is 1. The summed E-state index contributed by atoms with van der Waals surface area (Å²) in [6.45, 7) is 7.78. The van der Waals surface area contributed by atoms with Crippen LogP contribution < -0.4 is 10.6 Å². The Morgan fingerprint density at radius 3 is 2.68 bits per heavy atom. The number of benzene rings is 1. The molecule has 2 aromatic rings. The molecule has 1 aliphatic rings. The van der Waals surface area contributed by atoms with E-state index in [1.54, 1.807) is 0 Å². The SMILES string of the molecule is CC1CNCCN1.CCCc1c[nH]c2ccccc12. The van der Waals surface area contributed by atoms with Crippen molar-refractivity contribution < 1.29 is 0 Å². The van der Waals surface area contributed by atoms with Crippen molar-refractivity contribution in [3.8, 4) is 0 Å². The maximum Gasteiger partial charge on any atom is 0.0456 e. The number of aromatic amines is 1. The summed E-state index contributed by atoms with van der Waals surface area (Å²) in [5, 5.41) is 7.97. The molecule has 0 bridgehead atoms. The van der Waals surface area contributed by atoms with E-state index in [4.69, 9.17) is 0 Å². The minimum atomic E-state index is 0.675. The fraction of sp³-hybridized carbons (Fsp3) is 0.500. The maximum absolute atomic E-state index is 3.32. The minimum absolute atomic E-state index is 0.675. The first kappa shape index (κ1) is 14.1. The summed E-state index contributed by atoms with van der Waals surface area (Å²) in [5.41, 5.74) is 2.69. The third-order valence-corrected chi connectivity index (χ3v) is 3.44. The molecule has 1 atom stereocenters. The van der Waals surface area contributed by atoms with Gasteiger partial charge in [0.1, 0.15) is 0 Å². The number of nitrogens with one attached hydrogen (secondary N) is 3. The van der Waals surface area contributed by atoms with Gasteiger partial charge in [-0.05, 0) is 25.0 Å². The molecule has 104 valence electrons. The Morgan fingerprint density at radius 2 is 2.05 bits per heavy atom. The highest BCUT2D eigenvalue weighted by atomic mass is 15.0. The largest absolute Gasteiger partial charge is 0.361 e. The second-order valence-electron chi connectivity index (χ2n) is 5.17. The number of para-hydroxylation sites is 1. The summed E-state index contributed by atoms with van der Waals surface area (Å²) in [6, 6.07) is 9.13. The van der Waals surface area contributed by atoms with Gasteiger partial charge in [-0.25, -0.2) is 0 Å². The Hall–Kier alpha value is -1.32. The number of hydrogen-bond acceptors (Lipinski definition) is 2. The van der Waals surface area contributed by atoms with Crippen LogP contribution in [0.1, 0.15) is 25.8 Å². The van der Waals surface area contributed by atoms with Crippen LogP contribution in [0.3, 0.4) is 0 Å². The van der Waals surface area contributed by atoms with E-state index in [2.05, 4.69) is 59.9 Å². The third kappa shape index (κ3) is 4.08. The van der Waals surface area contributed by atoms with E-state index in [0.717, 1.165) is 19.6 Å². The zero-order chi connectivity index (χ0) is 13.5. The number of hydrogen-bond donors (Lipinski definition) is 3. The lowest BCUT2D eigenvalue weighted by atomic mass is 10.1. The summed E-state index contributed by atoms with van der Waals surface area (Å²) >= 11 is 0. The molecule has 3 rings (SSSR count). The number of H-pyrrole nitrogens is 1. The van der Waals surface area contributed by atoms with E-state index in [1.165, 1.54) is 29.3 Å². The Bertz CT molecular complexity index is 483. The van der Waals surface area contributed by atoms with E-state index in [9.17, 15) is 0 Å². The predicted molar refractivity (Wildman–Crippen MR) is 82.6 cm³/mol. The van der Waals surface area contributed by atoms with Gasteiger partial charge in [0.15, 0.2) is 0 Å². The van der Waals surface area contributed by atoms with Crippen molar-refractivity contribution in [3.05, 3.63) is 36.0 Å². The summed E-state index contributed by atoms with van der Waals surface area (Å²) in [5.74, 6) is 0. The van der Waals surface area contributed by atoms with Crippen LogP contribution in [0.15, 0.2) is 30.5 Å². The van der Waals surface area contributed by atoms with Crippen LogP contribution in [0.25, 0.3) is 10.9 Å². The highest BCUT2D eigenvalue weighted by Crippen LogP contribution is 2.18. The highest BCUT2D eigenvalue weighted by molar-refractivity contribution is 5.82. The number of aromatic nitrogens is 1. The Balaban J connectivity index is 0.000000163. The van der Waals surface area contributed by atoms with Gasteiger partial charge in [0.05, 0.1) is 0 Å². The summed E-state index contributed by atoms with van der Waals surface area (Å²) in [7, 11) is 0. The van der Waals surface area contributed by atoms with Crippen LogP contribution in [-0.2, 0) is 6.42 Å². The van der Waals surface area contributed by atoms with Crippen LogP contribution in [0, 0.1) is 0 Å². The first-order chi connectivity index (χ1) is 9.31. The van der Waals surface area contributed by atoms with Crippen LogP contribution in [0.5, 0.6) is 0 Å². The molecule has 1 aliphatic heterocycles. The van der Waals surface area contributed by atoms with E-state index in [0.29, 0.717) is 6.04 Å². The summed E-state index contributed by atoms with van der Waals surface area (Å²) < 4.78 is 0. The van der Waals surface area contributed by atoms with Crippen molar-refractivity contribution in [3.63, 3.8) is 0 Å². The van der Waals surface area contributed by atoms with Crippen molar-refractivity contribution in [2.24, 2.45) is 0 Å². The first-order valence-electron chi connectivity index (χ1n) is 7.30. The molecule has 3 heteroatoms. The van der Waals surface area contributed by atoms with Crippen LogP contribution in [-0.4, -0.2) is 30.7 Å². The minimum Gasteiger partial charge on any atom is -0.361 e. The van der Waals surface area contributed by atoms with Crippen molar-refractivity contribution in [2.75, 3.05) is 19.6 Å². The standard InChI is InChI=1S/C11H13N.C5H12N2/c1-2-5-9-8-12-11-7-4-3-6-10(9)11;1-5-4-6-2-3-7-5/h3-4,6-8,12H,2,5H2,1H3;5-7H,2-4H2,1H3. The lowest BCUT2D eigenvalue weighted by Crippen LogP contribution is -2.46. The normalized spacial score (nSPS) is 18.9. The second kappa shape index (κ2) is 7.31. The number of fused-ring (bicyclic) bond motifs is 1. The molecule has 19 heavy (non-hydrogen) atoms. The molecule has 1 aromatic carbocycles. The quantitative estimate of drug-likeness (QED) is 0.776.